The van der Waals surface area contributed by atoms with Crippen LogP contribution in [0.3, 0.4) is 0 Å². The minimum Gasteiger partial charge on any atom is -0.506 e. The van der Waals surface area contributed by atoms with Crippen LogP contribution in [0.25, 0.3) is 10.9 Å². The summed E-state index contributed by atoms with van der Waals surface area (Å²) in [4.78, 5) is 26.1. The number of rotatable bonds is 2. The monoisotopic (exact) mass is 220 g/mol. The molecule has 0 fully saturated rings. The number of carboxylic acids is 1. The van der Waals surface area contributed by atoms with Gasteiger partial charge in [0.25, 0.3) is 5.56 Å². The normalized spacial score (nSPS) is 10.5. The number of carboxylic acid groups (broad SMARTS) is 1. The molecular formula is C10H8N2O4. The molecule has 2 aromatic rings. The summed E-state index contributed by atoms with van der Waals surface area (Å²) >= 11 is 0. The Hall–Kier alpha value is -2.37. The van der Waals surface area contributed by atoms with E-state index in [-0.39, 0.29) is 16.7 Å². The molecular weight excluding hydrogens is 212 g/mol. The summed E-state index contributed by atoms with van der Waals surface area (Å²) in [5.41, 5.74) is -0.308. The second-order valence-corrected chi connectivity index (χ2v) is 3.24. The molecule has 2 N–H and O–H groups in total. The number of para-hydroxylation sites is 1. The van der Waals surface area contributed by atoms with Gasteiger partial charge in [0, 0.05) is 0 Å². The molecule has 0 unspecified atom stereocenters. The van der Waals surface area contributed by atoms with Crippen molar-refractivity contribution in [1.29, 1.82) is 0 Å². The molecule has 0 saturated carbocycles. The maximum absolute atomic E-state index is 11.8. The Balaban J connectivity index is 2.71. The predicted molar refractivity (Wildman–Crippen MR) is 55.3 cm³/mol. The van der Waals surface area contributed by atoms with Gasteiger partial charge < -0.3 is 10.2 Å². The highest BCUT2D eigenvalue weighted by atomic mass is 16.4. The second kappa shape index (κ2) is 3.65. The quantitative estimate of drug-likeness (QED) is 0.753. The topological polar surface area (TPSA) is 92.4 Å². The van der Waals surface area contributed by atoms with Gasteiger partial charge in [0.15, 0.2) is 0 Å². The van der Waals surface area contributed by atoms with Gasteiger partial charge in [-0.3, -0.25) is 14.2 Å². The van der Waals surface area contributed by atoms with Crippen LogP contribution in [-0.4, -0.2) is 25.7 Å². The Bertz CT molecular complexity index is 618. The van der Waals surface area contributed by atoms with Crippen molar-refractivity contribution in [2.75, 3.05) is 0 Å². The van der Waals surface area contributed by atoms with E-state index in [9.17, 15) is 14.7 Å². The van der Waals surface area contributed by atoms with E-state index in [4.69, 9.17) is 5.11 Å². The molecule has 0 spiro atoms. The van der Waals surface area contributed by atoms with E-state index in [1.54, 1.807) is 0 Å². The highest BCUT2D eigenvalue weighted by Gasteiger charge is 2.08. The number of benzene rings is 1. The first-order chi connectivity index (χ1) is 7.59. The fourth-order valence-electron chi connectivity index (χ4n) is 1.43. The maximum Gasteiger partial charge on any atom is 0.323 e. The standard InChI is InChI=1S/C10H8N2O4/c13-7-3-1-2-6-9(7)11-5-12(10(6)16)4-8(14)15/h1-3,5,13H,4H2,(H,14,15). The number of nitrogens with zero attached hydrogens (tertiary/aromatic N) is 2. The average molecular weight is 220 g/mol. The summed E-state index contributed by atoms with van der Waals surface area (Å²) in [6.07, 6.45) is 1.11. The van der Waals surface area contributed by atoms with Crippen LogP contribution in [0.15, 0.2) is 29.3 Å². The van der Waals surface area contributed by atoms with Crippen LogP contribution >= 0.6 is 0 Å². The maximum atomic E-state index is 11.8. The van der Waals surface area contributed by atoms with Gasteiger partial charge in [-0.1, -0.05) is 6.07 Å². The first kappa shape index (κ1) is 10.2. The molecule has 0 aliphatic rings. The van der Waals surface area contributed by atoms with Gasteiger partial charge in [-0.25, -0.2) is 4.98 Å². The van der Waals surface area contributed by atoms with E-state index in [1.165, 1.54) is 18.2 Å². The molecule has 82 valence electrons. The van der Waals surface area contributed by atoms with Crippen LogP contribution in [0, 0.1) is 0 Å². The smallest absolute Gasteiger partial charge is 0.323 e. The SMILES string of the molecule is O=C(O)Cn1cnc2c(O)cccc2c1=O. The minimum absolute atomic E-state index is 0.0999. The Morgan fingerprint density at radius 3 is 2.88 bits per heavy atom. The van der Waals surface area contributed by atoms with Gasteiger partial charge in [-0.2, -0.15) is 0 Å². The van der Waals surface area contributed by atoms with Gasteiger partial charge in [0.1, 0.15) is 17.8 Å². The van der Waals surface area contributed by atoms with Crippen LogP contribution in [-0.2, 0) is 11.3 Å². The molecule has 0 atom stereocenters. The summed E-state index contributed by atoms with van der Waals surface area (Å²) in [7, 11) is 0. The summed E-state index contributed by atoms with van der Waals surface area (Å²) in [5.74, 6) is -1.22. The van der Waals surface area contributed by atoms with E-state index in [0.29, 0.717) is 0 Å². The van der Waals surface area contributed by atoms with E-state index >= 15 is 0 Å². The lowest BCUT2D eigenvalue weighted by Crippen LogP contribution is -2.24. The lowest BCUT2D eigenvalue weighted by Gasteiger charge is -2.04. The van der Waals surface area contributed by atoms with Crippen molar-refractivity contribution in [2.24, 2.45) is 0 Å². The minimum atomic E-state index is -1.12. The highest BCUT2D eigenvalue weighted by molar-refractivity contribution is 5.83. The van der Waals surface area contributed by atoms with Crippen LogP contribution in [0.5, 0.6) is 5.75 Å². The van der Waals surface area contributed by atoms with Gasteiger partial charge in [-0.15, -0.1) is 0 Å². The number of hydrogen-bond acceptors (Lipinski definition) is 4. The largest absolute Gasteiger partial charge is 0.506 e. The Morgan fingerprint density at radius 2 is 2.19 bits per heavy atom. The number of hydrogen-bond donors (Lipinski definition) is 2. The van der Waals surface area contributed by atoms with Gasteiger partial charge in [0.2, 0.25) is 0 Å². The third-order valence-corrected chi connectivity index (χ3v) is 2.14. The molecule has 6 nitrogen and oxygen atoms in total. The van der Waals surface area contributed by atoms with Gasteiger partial charge in [-0.05, 0) is 12.1 Å². The molecule has 0 aliphatic carbocycles. The zero-order chi connectivity index (χ0) is 11.7. The molecule has 0 amide bonds. The summed E-state index contributed by atoms with van der Waals surface area (Å²) in [6.45, 7) is -0.447. The summed E-state index contributed by atoms with van der Waals surface area (Å²) in [5, 5.41) is 18.2. The van der Waals surface area contributed by atoms with Crippen molar-refractivity contribution in [3.63, 3.8) is 0 Å². The molecule has 16 heavy (non-hydrogen) atoms. The fraction of sp³-hybridized carbons (Fsp3) is 0.100. The van der Waals surface area contributed by atoms with E-state index < -0.39 is 18.1 Å². The Kier molecular flexibility index (Phi) is 2.32. The lowest BCUT2D eigenvalue weighted by molar-refractivity contribution is -0.137. The van der Waals surface area contributed by atoms with Crippen molar-refractivity contribution in [3.8, 4) is 5.75 Å². The molecule has 0 bridgehead atoms. The number of aromatic nitrogens is 2. The fourth-order valence-corrected chi connectivity index (χ4v) is 1.43. The zero-order valence-corrected chi connectivity index (χ0v) is 8.12. The van der Waals surface area contributed by atoms with Crippen LogP contribution in [0.2, 0.25) is 0 Å². The number of aliphatic carboxylic acids is 1. The zero-order valence-electron chi connectivity index (χ0n) is 8.12. The van der Waals surface area contributed by atoms with Gasteiger partial charge >= 0.3 is 5.97 Å². The van der Waals surface area contributed by atoms with E-state index in [1.807, 2.05) is 0 Å². The molecule has 0 saturated heterocycles. The van der Waals surface area contributed by atoms with E-state index in [0.717, 1.165) is 10.9 Å². The number of aromatic hydroxyl groups is 1. The van der Waals surface area contributed by atoms with Crippen molar-refractivity contribution in [3.05, 3.63) is 34.9 Å². The molecule has 1 heterocycles. The van der Waals surface area contributed by atoms with Crippen LogP contribution < -0.4 is 5.56 Å². The Morgan fingerprint density at radius 1 is 1.44 bits per heavy atom. The van der Waals surface area contributed by atoms with Crippen LogP contribution in [0.1, 0.15) is 0 Å². The number of fused-ring (bicyclic) bond motifs is 1. The number of phenolic OH excluding ortho intramolecular Hbond substituents is 1. The average Bonchev–Trinajstić information content (AvgIpc) is 2.23. The van der Waals surface area contributed by atoms with Crippen LogP contribution in [0.4, 0.5) is 0 Å². The van der Waals surface area contributed by atoms with Crippen molar-refractivity contribution in [1.82, 2.24) is 9.55 Å². The molecule has 1 aromatic carbocycles. The predicted octanol–water partition coefficient (Wildman–Crippen LogP) is 0.187. The van der Waals surface area contributed by atoms with E-state index in [2.05, 4.69) is 4.98 Å². The lowest BCUT2D eigenvalue weighted by atomic mass is 10.2. The first-order valence-electron chi connectivity index (χ1n) is 4.48. The second-order valence-electron chi connectivity index (χ2n) is 3.24. The Labute approximate surface area is 89.4 Å². The first-order valence-corrected chi connectivity index (χ1v) is 4.48. The third-order valence-electron chi connectivity index (χ3n) is 2.14. The third kappa shape index (κ3) is 1.60. The summed E-state index contributed by atoms with van der Waals surface area (Å²) < 4.78 is 0.976. The van der Waals surface area contributed by atoms with Crippen molar-refractivity contribution >= 4 is 16.9 Å². The van der Waals surface area contributed by atoms with Gasteiger partial charge in [0.05, 0.1) is 11.7 Å². The summed E-state index contributed by atoms with van der Waals surface area (Å²) in [6, 6.07) is 4.41. The number of carbonyl (C=O) groups is 1. The molecule has 2 rings (SSSR count). The number of phenols is 1. The molecule has 0 aliphatic heterocycles. The molecule has 0 radical (unpaired) electrons. The molecule has 6 heteroatoms. The highest BCUT2D eigenvalue weighted by Crippen LogP contribution is 2.18. The van der Waals surface area contributed by atoms with Crippen molar-refractivity contribution < 1.29 is 15.0 Å². The molecule has 1 aromatic heterocycles. The van der Waals surface area contributed by atoms with Crippen molar-refractivity contribution in [2.45, 2.75) is 6.54 Å².